The molecule has 1 amide bonds. The number of para-hydroxylation sites is 1. The van der Waals surface area contributed by atoms with Crippen LogP contribution in [0.25, 0.3) is 0 Å². The average molecular weight is 489 g/mol. The normalized spacial score (nSPS) is 11.9. The molecule has 0 aliphatic carbocycles. The van der Waals surface area contributed by atoms with Crippen LogP contribution in [0.2, 0.25) is 0 Å². The molecule has 0 spiro atoms. The lowest BCUT2D eigenvalue weighted by Gasteiger charge is -2.21. The highest BCUT2D eigenvalue weighted by molar-refractivity contribution is 14.1. The van der Waals surface area contributed by atoms with E-state index in [2.05, 4.69) is 33.1 Å². The van der Waals surface area contributed by atoms with Crippen molar-refractivity contribution in [3.63, 3.8) is 0 Å². The van der Waals surface area contributed by atoms with Gasteiger partial charge in [0, 0.05) is 3.57 Å². The smallest absolute Gasteiger partial charge is 0.260 e. The van der Waals surface area contributed by atoms with Gasteiger partial charge in [0.15, 0.2) is 0 Å². The van der Waals surface area contributed by atoms with Gasteiger partial charge in [0.1, 0.15) is 12.4 Å². The van der Waals surface area contributed by atoms with Crippen molar-refractivity contribution in [2.75, 3.05) is 17.1 Å². The molecule has 26 heavy (non-hydrogen) atoms. The topological polar surface area (TPSA) is 78.8 Å². The third-order valence-electron chi connectivity index (χ3n) is 3.40. The van der Waals surface area contributed by atoms with Gasteiger partial charge in [0.25, 0.3) is 5.91 Å². The fourth-order valence-electron chi connectivity index (χ4n) is 2.13. The van der Waals surface area contributed by atoms with E-state index in [9.17, 15) is 17.6 Å². The van der Waals surface area contributed by atoms with Crippen molar-refractivity contribution in [2.24, 2.45) is 5.10 Å². The summed E-state index contributed by atoms with van der Waals surface area (Å²) in [5, 5.41) is 3.99. The van der Waals surface area contributed by atoms with E-state index in [1.807, 2.05) is 24.3 Å². The van der Waals surface area contributed by atoms with E-state index in [0.717, 1.165) is 21.5 Å². The first-order chi connectivity index (χ1) is 12.2. The molecule has 0 fully saturated rings. The zero-order valence-corrected chi connectivity index (χ0v) is 17.1. The minimum atomic E-state index is -3.85. The van der Waals surface area contributed by atoms with Crippen LogP contribution in [-0.2, 0) is 14.8 Å². The Bertz CT molecular complexity index is 948. The molecule has 2 rings (SSSR count). The fourth-order valence-corrected chi connectivity index (χ4v) is 3.53. The highest BCUT2D eigenvalue weighted by Crippen LogP contribution is 2.20. The second-order valence-electron chi connectivity index (χ2n) is 5.46. The van der Waals surface area contributed by atoms with Crippen LogP contribution >= 0.6 is 22.6 Å². The summed E-state index contributed by atoms with van der Waals surface area (Å²) >= 11 is 2.16. The molecule has 0 atom stereocenters. The van der Waals surface area contributed by atoms with Crippen LogP contribution in [-0.4, -0.2) is 32.8 Å². The Morgan fingerprint density at radius 1 is 1.23 bits per heavy atom. The van der Waals surface area contributed by atoms with Crippen LogP contribution < -0.4 is 9.73 Å². The Hall–Kier alpha value is -2.01. The molecule has 2 aromatic carbocycles. The average Bonchev–Trinajstić information content (AvgIpc) is 2.57. The van der Waals surface area contributed by atoms with E-state index in [-0.39, 0.29) is 5.69 Å². The Kier molecular flexibility index (Phi) is 6.70. The summed E-state index contributed by atoms with van der Waals surface area (Å²) in [6, 6.07) is 12.9. The number of halogens is 2. The molecule has 0 heterocycles. The molecule has 0 aliphatic rings. The first kappa shape index (κ1) is 20.3. The molecule has 1 N–H and O–H groups in total. The molecule has 0 aliphatic heterocycles. The maximum Gasteiger partial charge on any atom is 0.260 e. The Balaban J connectivity index is 2.16. The SMILES string of the molecule is C/C(=N/NC(=O)CN(c1ccccc1F)S(C)(=O)=O)c1cccc(I)c1. The highest BCUT2D eigenvalue weighted by atomic mass is 127. The van der Waals surface area contributed by atoms with E-state index in [4.69, 9.17) is 0 Å². The molecule has 6 nitrogen and oxygen atoms in total. The van der Waals surface area contributed by atoms with Crippen molar-refractivity contribution in [1.82, 2.24) is 5.43 Å². The number of hydrogen-bond acceptors (Lipinski definition) is 4. The molecule has 2 aromatic rings. The Morgan fingerprint density at radius 2 is 1.92 bits per heavy atom. The largest absolute Gasteiger partial charge is 0.271 e. The second-order valence-corrected chi connectivity index (χ2v) is 8.62. The molecule has 0 saturated carbocycles. The van der Waals surface area contributed by atoms with Gasteiger partial charge in [-0.2, -0.15) is 5.10 Å². The molecule has 0 bridgehead atoms. The van der Waals surface area contributed by atoms with Crippen molar-refractivity contribution < 1.29 is 17.6 Å². The minimum Gasteiger partial charge on any atom is -0.271 e. The zero-order valence-electron chi connectivity index (χ0n) is 14.1. The number of benzene rings is 2. The van der Waals surface area contributed by atoms with Crippen LogP contribution in [0.5, 0.6) is 0 Å². The van der Waals surface area contributed by atoms with Crippen molar-refractivity contribution in [2.45, 2.75) is 6.92 Å². The van der Waals surface area contributed by atoms with Crippen molar-refractivity contribution in [3.05, 3.63) is 63.5 Å². The van der Waals surface area contributed by atoms with Crippen molar-refractivity contribution >= 4 is 49.9 Å². The number of hydrazone groups is 1. The van der Waals surface area contributed by atoms with Gasteiger partial charge in [0.2, 0.25) is 10.0 Å². The summed E-state index contributed by atoms with van der Waals surface area (Å²) in [5.41, 5.74) is 3.51. The van der Waals surface area contributed by atoms with Gasteiger partial charge in [-0.25, -0.2) is 18.2 Å². The van der Waals surface area contributed by atoms with Crippen molar-refractivity contribution in [1.29, 1.82) is 0 Å². The first-order valence-electron chi connectivity index (χ1n) is 7.50. The summed E-state index contributed by atoms with van der Waals surface area (Å²) < 4.78 is 39.6. The monoisotopic (exact) mass is 489 g/mol. The quantitative estimate of drug-likeness (QED) is 0.385. The summed E-state index contributed by atoms with van der Waals surface area (Å²) in [5.74, 6) is -1.41. The van der Waals surface area contributed by atoms with Gasteiger partial charge in [-0.05, 0) is 59.3 Å². The first-order valence-corrected chi connectivity index (χ1v) is 10.4. The van der Waals surface area contributed by atoms with E-state index in [1.165, 1.54) is 18.2 Å². The maximum atomic E-state index is 13.9. The third-order valence-corrected chi connectivity index (χ3v) is 5.20. The molecular weight excluding hydrogens is 472 g/mol. The Labute approximate surface area is 165 Å². The van der Waals surface area contributed by atoms with Gasteiger partial charge >= 0.3 is 0 Å². The summed E-state index contributed by atoms with van der Waals surface area (Å²) in [4.78, 5) is 12.1. The fraction of sp³-hybridized carbons (Fsp3) is 0.176. The number of amides is 1. The number of carbonyl (C=O) groups excluding carboxylic acids is 1. The predicted octanol–water partition coefficient (Wildman–Crippen LogP) is 2.74. The number of sulfonamides is 1. The van der Waals surface area contributed by atoms with Gasteiger partial charge in [-0.1, -0.05) is 24.3 Å². The third kappa shape index (κ3) is 5.49. The van der Waals surface area contributed by atoms with Gasteiger partial charge in [0.05, 0.1) is 17.7 Å². The van der Waals surface area contributed by atoms with E-state index in [1.54, 1.807) is 6.92 Å². The highest BCUT2D eigenvalue weighted by Gasteiger charge is 2.23. The lowest BCUT2D eigenvalue weighted by Crippen LogP contribution is -2.39. The summed E-state index contributed by atoms with van der Waals surface area (Å²) in [6.07, 6.45) is 0.910. The standard InChI is InChI=1S/C17H17FIN3O3S/c1-12(13-6-5-7-14(19)10-13)20-21-17(23)11-22(26(2,24)25)16-9-4-3-8-15(16)18/h3-10H,11H2,1-2H3,(H,21,23)/b20-12-. The number of nitrogens with one attached hydrogen (secondary N) is 1. The van der Waals surface area contributed by atoms with Crippen LogP contribution in [0, 0.1) is 9.39 Å². The molecule has 0 aromatic heterocycles. The van der Waals surface area contributed by atoms with Crippen LogP contribution in [0.4, 0.5) is 10.1 Å². The van der Waals surface area contributed by atoms with E-state index >= 15 is 0 Å². The van der Waals surface area contributed by atoms with Gasteiger partial charge < -0.3 is 0 Å². The minimum absolute atomic E-state index is 0.191. The summed E-state index contributed by atoms with van der Waals surface area (Å²) in [7, 11) is -3.85. The Morgan fingerprint density at radius 3 is 2.54 bits per heavy atom. The molecule has 0 saturated heterocycles. The summed E-state index contributed by atoms with van der Waals surface area (Å²) in [6.45, 7) is 1.14. The maximum absolute atomic E-state index is 13.9. The zero-order chi connectivity index (χ0) is 19.3. The van der Waals surface area contributed by atoms with Crippen LogP contribution in [0.15, 0.2) is 53.6 Å². The van der Waals surface area contributed by atoms with Crippen molar-refractivity contribution in [3.8, 4) is 0 Å². The predicted molar refractivity (Wildman–Crippen MR) is 108 cm³/mol. The lowest BCUT2D eigenvalue weighted by atomic mass is 10.1. The number of hydrogen-bond donors (Lipinski definition) is 1. The number of carbonyl (C=O) groups is 1. The molecule has 9 heteroatoms. The van der Waals surface area contributed by atoms with E-state index < -0.39 is 28.3 Å². The second kappa shape index (κ2) is 8.58. The molecule has 0 unspecified atom stereocenters. The molecule has 0 radical (unpaired) electrons. The molecule has 138 valence electrons. The lowest BCUT2D eigenvalue weighted by molar-refractivity contribution is -0.119. The number of nitrogens with zero attached hydrogens (tertiary/aromatic N) is 2. The van der Waals surface area contributed by atoms with Crippen LogP contribution in [0.3, 0.4) is 0 Å². The van der Waals surface area contributed by atoms with Gasteiger partial charge in [-0.3, -0.25) is 9.10 Å². The van der Waals surface area contributed by atoms with Crippen LogP contribution in [0.1, 0.15) is 12.5 Å². The van der Waals surface area contributed by atoms with E-state index in [0.29, 0.717) is 10.0 Å². The molecular formula is C17H17FIN3O3S. The van der Waals surface area contributed by atoms with Gasteiger partial charge in [-0.15, -0.1) is 0 Å². The number of rotatable bonds is 6. The number of anilines is 1.